The molecule has 0 saturated heterocycles. The molecule has 0 aliphatic carbocycles. The second-order valence-electron chi connectivity index (χ2n) is 7.61. The van der Waals surface area contributed by atoms with Crippen LogP contribution >= 0.6 is 23.2 Å². The van der Waals surface area contributed by atoms with Gasteiger partial charge in [0.05, 0.1) is 43.2 Å². The van der Waals surface area contributed by atoms with E-state index in [0.717, 1.165) is 6.20 Å². The van der Waals surface area contributed by atoms with Crippen molar-refractivity contribution < 1.29 is 18.7 Å². The lowest BCUT2D eigenvalue weighted by molar-refractivity contribution is -0.111. The molecule has 0 spiro atoms. The zero-order chi connectivity index (χ0) is 27.2. The predicted octanol–water partition coefficient (Wildman–Crippen LogP) is 6.61. The quantitative estimate of drug-likeness (QED) is 0.198. The van der Waals surface area contributed by atoms with E-state index in [2.05, 4.69) is 37.5 Å². The van der Waals surface area contributed by atoms with E-state index >= 15 is 0 Å². The lowest BCUT2D eigenvalue weighted by Gasteiger charge is -2.17. The summed E-state index contributed by atoms with van der Waals surface area (Å²) in [4.78, 5) is 24.5. The van der Waals surface area contributed by atoms with Crippen LogP contribution in [0.1, 0.15) is 0 Å². The largest absolute Gasteiger partial charge is 0.495 e. The zero-order valence-electron chi connectivity index (χ0n) is 20.2. The number of amides is 1. The lowest BCUT2D eigenvalue weighted by Crippen LogP contribution is -2.09. The van der Waals surface area contributed by atoms with Crippen molar-refractivity contribution in [1.82, 2.24) is 15.0 Å². The van der Waals surface area contributed by atoms with Crippen LogP contribution < -0.4 is 25.4 Å². The molecule has 12 heteroatoms. The number of nitrogens with one attached hydrogen (secondary N) is 3. The molecule has 0 saturated carbocycles. The van der Waals surface area contributed by atoms with Gasteiger partial charge in [-0.25, -0.2) is 19.3 Å². The number of methoxy groups -OCH3 is 2. The van der Waals surface area contributed by atoms with Gasteiger partial charge in [0.2, 0.25) is 5.91 Å². The van der Waals surface area contributed by atoms with Crippen molar-refractivity contribution in [3.63, 3.8) is 0 Å². The van der Waals surface area contributed by atoms with Crippen LogP contribution in [0.2, 0.25) is 10.0 Å². The van der Waals surface area contributed by atoms with Crippen molar-refractivity contribution in [3.8, 4) is 22.8 Å². The Bertz CT molecular complexity index is 1490. The summed E-state index contributed by atoms with van der Waals surface area (Å²) in [6.07, 6.45) is 3.53. The molecule has 0 unspecified atom stereocenters. The Morgan fingerprint density at radius 1 is 0.974 bits per heavy atom. The van der Waals surface area contributed by atoms with Gasteiger partial charge in [-0.1, -0.05) is 41.9 Å². The molecule has 0 atom stereocenters. The molecule has 3 N–H and O–H groups in total. The van der Waals surface area contributed by atoms with Crippen molar-refractivity contribution in [2.75, 3.05) is 30.2 Å². The van der Waals surface area contributed by atoms with E-state index in [1.54, 1.807) is 36.4 Å². The number of carbonyl (C=O) groups is 1. The average molecular weight is 555 g/mol. The summed E-state index contributed by atoms with van der Waals surface area (Å²) in [6, 6.07) is 11.5. The number of halogens is 3. The van der Waals surface area contributed by atoms with E-state index < -0.39 is 5.82 Å². The van der Waals surface area contributed by atoms with Gasteiger partial charge in [-0.3, -0.25) is 4.79 Å². The standard InChI is InChI=1S/C26H21Cl2FN6O3/c1-4-22(36)34-17-8-6-5-7-16(17)33-21-10-18(31-13-32-21)15-9-14(29)12-30-26(15)35-25-23(27)19(37-2)11-20(38-3)24(25)28/h4-13H,1H2,2-3H3,(H,30,35)(H,34,36)(H,31,32,33). The highest BCUT2D eigenvalue weighted by Crippen LogP contribution is 2.46. The molecule has 0 fully saturated rings. The second kappa shape index (κ2) is 11.8. The number of ether oxygens (including phenoxy) is 2. The third-order valence-corrected chi connectivity index (χ3v) is 6.00. The van der Waals surface area contributed by atoms with Gasteiger partial charge in [0.1, 0.15) is 45.3 Å². The van der Waals surface area contributed by atoms with E-state index in [1.165, 1.54) is 32.7 Å². The molecule has 2 heterocycles. The highest BCUT2D eigenvalue weighted by atomic mass is 35.5. The van der Waals surface area contributed by atoms with Crippen LogP contribution in [0.25, 0.3) is 11.3 Å². The smallest absolute Gasteiger partial charge is 0.247 e. The van der Waals surface area contributed by atoms with Gasteiger partial charge >= 0.3 is 0 Å². The summed E-state index contributed by atoms with van der Waals surface area (Å²) in [5, 5.41) is 9.27. The zero-order valence-corrected chi connectivity index (χ0v) is 21.7. The van der Waals surface area contributed by atoms with E-state index in [4.69, 9.17) is 32.7 Å². The van der Waals surface area contributed by atoms with Crippen molar-refractivity contribution in [2.45, 2.75) is 0 Å². The minimum absolute atomic E-state index is 0.179. The number of pyridine rings is 1. The fraction of sp³-hybridized carbons (Fsp3) is 0.0769. The molecule has 9 nitrogen and oxygen atoms in total. The molecule has 2 aromatic carbocycles. The Balaban J connectivity index is 1.72. The van der Waals surface area contributed by atoms with Crippen molar-refractivity contribution in [3.05, 3.63) is 83.5 Å². The molecule has 2 aromatic heterocycles. The Labute approximate surface area is 227 Å². The number of carbonyl (C=O) groups excluding carboxylic acids is 1. The molecule has 0 aliphatic heterocycles. The van der Waals surface area contributed by atoms with Crippen LogP contribution in [0.15, 0.2) is 67.6 Å². The van der Waals surface area contributed by atoms with Gasteiger partial charge in [-0.05, 0) is 24.3 Å². The number of anilines is 5. The number of aromatic nitrogens is 3. The Morgan fingerprint density at radius 2 is 1.66 bits per heavy atom. The highest BCUT2D eigenvalue weighted by molar-refractivity contribution is 6.41. The first-order valence-electron chi connectivity index (χ1n) is 11.0. The molecule has 194 valence electrons. The molecular weight excluding hydrogens is 534 g/mol. The topological polar surface area (TPSA) is 110 Å². The van der Waals surface area contributed by atoms with Crippen LogP contribution in [0.3, 0.4) is 0 Å². The lowest BCUT2D eigenvalue weighted by atomic mass is 10.1. The van der Waals surface area contributed by atoms with Gasteiger partial charge < -0.3 is 25.4 Å². The third-order valence-electron chi connectivity index (χ3n) is 5.25. The first-order chi connectivity index (χ1) is 18.3. The molecular formula is C26H21Cl2FN6O3. The molecule has 1 amide bonds. The van der Waals surface area contributed by atoms with Crippen molar-refractivity contribution in [1.29, 1.82) is 0 Å². The maximum Gasteiger partial charge on any atom is 0.247 e. The minimum Gasteiger partial charge on any atom is -0.495 e. The Morgan fingerprint density at radius 3 is 2.32 bits per heavy atom. The predicted molar refractivity (Wildman–Crippen MR) is 147 cm³/mol. The monoisotopic (exact) mass is 554 g/mol. The maximum absolute atomic E-state index is 14.3. The number of para-hydroxylation sites is 2. The van der Waals surface area contributed by atoms with Crippen LogP contribution in [0.4, 0.5) is 33.1 Å². The summed E-state index contributed by atoms with van der Waals surface area (Å²) in [7, 11) is 2.91. The third kappa shape index (κ3) is 5.77. The SMILES string of the molecule is C=CC(=O)Nc1ccccc1Nc1cc(-c2cc(F)cnc2Nc2c(Cl)c(OC)cc(OC)c2Cl)ncn1. The highest BCUT2D eigenvalue weighted by Gasteiger charge is 2.20. The van der Waals surface area contributed by atoms with Gasteiger partial charge in [-0.15, -0.1) is 0 Å². The van der Waals surface area contributed by atoms with E-state index in [9.17, 15) is 9.18 Å². The van der Waals surface area contributed by atoms with Gasteiger partial charge in [0.25, 0.3) is 0 Å². The Kier molecular flexibility index (Phi) is 8.25. The van der Waals surface area contributed by atoms with E-state index in [0.29, 0.717) is 39.9 Å². The fourth-order valence-electron chi connectivity index (χ4n) is 3.44. The normalized spacial score (nSPS) is 10.4. The minimum atomic E-state index is -0.587. The van der Waals surface area contributed by atoms with E-state index in [-0.39, 0.29) is 27.5 Å². The van der Waals surface area contributed by atoms with Crippen LogP contribution in [0, 0.1) is 5.82 Å². The molecule has 38 heavy (non-hydrogen) atoms. The van der Waals surface area contributed by atoms with Gasteiger partial charge in [-0.2, -0.15) is 0 Å². The van der Waals surface area contributed by atoms with Gasteiger partial charge in [0.15, 0.2) is 0 Å². The molecule has 0 bridgehead atoms. The Hall–Kier alpha value is -4.41. The summed E-state index contributed by atoms with van der Waals surface area (Å²) in [5.74, 6) is 0.273. The number of hydrogen-bond acceptors (Lipinski definition) is 8. The number of rotatable bonds is 9. The fourth-order valence-corrected chi connectivity index (χ4v) is 4.04. The molecule has 0 aliphatic rings. The van der Waals surface area contributed by atoms with Crippen molar-refractivity contribution in [2.24, 2.45) is 0 Å². The second-order valence-corrected chi connectivity index (χ2v) is 8.37. The molecule has 4 rings (SSSR count). The summed E-state index contributed by atoms with van der Waals surface area (Å²) in [6.45, 7) is 3.46. The first kappa shape index (κ1) is 26.6. The van der Waals surface area contributed by atoms with Crippen LogP contribution in [0.5, 0.6) is 11.5 Å². The maximum atomic E-state index is 14.3. The van der Waals surface area contributed by atoms with Gasteiger partial charge in [0, 0.05) is 17.7 Å². The van der Waals surface area contributed by atoms with Crippen molar-refractivity contribution >= 4 is 57.8 Å². The number of nitrogens with zero attached hydrogens (tertiary/aromatic N) is 3. The number of hydrogen-bond donors (Lipinski definition) is 3. The number of benzene rings is 2. The molecule has 4 aromatic rings. The molecule has 0 radical (unpaired) electrons. The van der Waals surface area contributed by atoms with Crippen LogP contribution in [-0.2, 0) is 4.79 Å². The first-order valence-corrected chi connectivity index (χ1v) is 11.7. The summed E-state index contributed by atoms with van der Waals surface area (Å²) >= 11 is 13.0. The summed E-state index contributed by atoms with van der Waals surface area (Å²) in [5.41, 5.74) is 1.99. The van der Waals surface area contributed by atoms with E-state index in [1.807, 2.05) is 0 Å². The average Bonchev–Trinajstić information content (AvgIpc) is 2.93. The summed E-state index contributed by atoms with van der Waals surface area (Å²) < 4.78 is 25.0. The van der Waals surface area contributed by atoms with Crippen LogP contribution in [-0.4, -0.2) is 35.1 Å².